The fourth-order valence-corrected chi connectivity index (χ4v) is 3.42. The summed E-state index contributed by atoms with van der Waals surface area (Å²) in [6.45, 7) is 2.25. The lowest BCUT2D eigenvalue weighted by molar-refractivity contribution is -0.344. The van der Waals surface area contributed by atoms with Gasteiger partial charge < -0.3 is 20.5 Å². The summed E-state index contributed by atoms with van der Waals surface area (Å²) < 4.78 is 31.5. The van der Waals surface area contributed by atoms with Gasteiger partial charge in [0.15, 0.2) is 5.13 Å². The van der Waals surface area contributed by atoms with Crippen molar-refractivity contribution in [1.29, 1.82) is 0 Å². The third kappa shape index (κ3) is 7.02. The Hall–Kier alpha value is -2.66. The number of halogens is 3. The minimum atomic E-state index is -5.19. The Morgan fingerprint density at radius 3 is 2.34 bits per heavy atom. The van der Waals surface area contributed by atoms with Gasteiger partial charge in [0.05, 0.1) is 4.88 Å². The van der Waals surface area contributed by atoms with Crippen LogP contribution in [0.3, 0.4) is 0 Å². The third-order valence-electron chi connectivity index (χ3n) is 4.24. The zero-order chi connectivity index (χ0) is 21.4. The summed E-state index contributed by atoms with van der Waals surface area (Å²) in [5, 5.41) is 12.3. The molecular weight excluding hydrogens is 409 g/mol. The number of carbonyl (C=O) groups is 2. The number of piperidine rings is 1. The van der Waals surface area contributed by atoms with Crippen molar-refractivity contribution in [1.82, 2.24) is 9.88 Å². The standard InChI is InChI=1S/C16H20N4OS.C2HF3O2/c17-10-12-6-8-20(9-7-12)16(21)19-15-18-11-14(22-15)13-4-2-1-3-5-13;3-2(4,5)1(6)7/h1-5,11-12H,6-10,17H2,(H,18,19,21);(H,6,7)/p-1. The van der Waals surface area contributed by atoms with Gasteiger partial charge in [-0.2, -0.15) is 13.2 Å². The van der Waals surface area contributed by atoms with E-state index in [1.54, 1.807) is 6.20 Å². The molecule has 1 fully saturated rings. The number of alkyl halides is 3. The van der Waals surface area contributed by atoms with Crippen LogP contribution in [0.1, 0.15) is 12.8 Å². The van der Waals surface area contributed by atoms with Gasteiger partial charge in [-0.3, -0.25) is 5.32 Å². The van der Waals surface area contributed by atoms with Crippen LogP contribution in [-0.2, 0) is 4.79 Å². The molecule has 2 amide bonds. The number of thiazole rings is 1. The van der Waals surface area contributed by atoms with Crippen LogP contribution in [0.15, 0.2) is 36.5 Å². The molecule has 0 radical (unpaired) electrons. The monoisotopic (exact) mass is 429 g/mol. The van der Waals surface area contributed by atoms with E-state index in [4.69, 9.17) is 15.6 Å². The highest BCUT2D eigenvalue weighted by Crippen LogP contribution is 2.29. The molecule has 1 aromatic carbocycles. The van der Waals surface area contributed by atoms with Gasteiger partial charge in [0, 0.05) is 19.3 Å². The van der Waals surface area contributed by atoms with Crippen molar-refractivity contribution < 1.29 is 27.9 Å². The smallest absolute Gasteiger partial charge is 0.430 e. The van der Waals surface area contributed by atoms with Gasteiger partial charge in [-0.25, -0.2) is 9.78 Å². The maximum absolute atomic E-state index is 12.3. The number of nitrogens with two attached hydrogens (primary N) is 1. The lowest BCUT2D eigenvalue weighted by atomic mass is 9.97. The highest BCUT2D eigenvalue weighted by molar-refractivity contribution is 7.19. The first-order valence-corrected chi connectivity index (χ1v) is 9.57. The maximum Gasteiger partial charge on any atom is 0.430 e. The number of aliphatic carboxylic acids is 1. The van der Waals surface area contributed by atoms with Crippen LogP contribution in [0.5, 0.6) is 0 Å². The predicted octanol–water partition coefficient (Wildman–Crippen LogP) is 2.31. The SMILES string of the molecule is NCC1CCN(C(=O)Nc2ncc(-c3ccccc3)s2)CC1.O=C([O-])C(F)(F)F. The number of carbonyl (C=O) groups excluding carboxylic acids is 2. The highest BCUT2D eigenvalue weighted by atomic mass is 32.1. The molecule has 0 aliphatic carbocycles. The molecule has 1 aliphatic heterocycles. The van der Waals surface area contributed by atoms with Crippen LogP contribution in [-0.4, -0.2) is 47.7 Å². The number of carboxylic acid groups (broad SMARTS) is 1. The number of rotatable bonds is 3. The number of likely N-dealkylation sites (tertiary alicyclic amines) is 1. The second kappa shape index (κ2) is 10.2. The number of benzene rings is 1. The Bertz CT molecular complexity index is 806. The third-order valence-corrected chi connectivity index (χ3v) is 5.21. The van der Waals surface area contributed by atoms with E-state index in [1.807, 2.05) is 35.2 Å². The summed E-state index contributed by atoms with van der Waals surface area (Å²) >= 11 is 1.49. The molecule has 0 bridgehead atoms. The zero-order valence-corrected chi connectivity index (χ0v) is 16.1. The van der Waals surface area contributed by atoms with Gasteiger partial charge >= 0.3 is 12.2 Å². The molecule has 158 valence electrons. The summed E-state index contributed by atoms with van der Waals surface area (Å²) in [5.74, 6) is -2.46. The summed E-state index contributed by atoms with van der Waals surface area (Å²) in [4.78, 5) is 28.2. The minimum Gasteiger partial charge on any atom is -0.542 e. The van der Waals surface area contributed by atoms with Crippen molar-refractivity contribution in [3.05, 3.63) is 36.5 Å². The molecule has 3 N–H and O–H groups in total. The van der Waals surface area contributed by atoms with E-state index < -0.39 is 12.1 Å². The quantitative estimate of drug-likeness (QED) is 0.778. The van der Waals surface area contributed by atoms with Crippen LogP contribution < -0.4 is 16.2 Å². The molecule has 2 heterocycles. The highest BCUT2D eigenvalue weighted by Gasteiger charge is 2.28. The summed E-state index contributed by atoms with van der Waals surface area (Å²) in [5.41, 5.74) is 6.79. The number of nitrogens with zero attached hydrogens (tertiary/aromatic N) is 2. The van der Waals surface area contributed by atoms with Crippen LogP contribution in [0, 0.1) is 5.92 Å². The summed E-state index contributed by atoms with van der Waals surface area (Å²) in [7, 11) is 0. The normalized spacial score (nSPS) is 14.7. The van der Waals surface area contributed by atoms with Crippen molar-refractivity contribution >= 4 is 28.5 Å². The lowest BCUT2D eigenvalue weighted by Crippen LogP contribution is -2.42. The number of hydrogen-bond acceptors (Lipinski definition) is 6. The number of nitrogens with one attached hydrogen (secondary N) is 1. The maximum atomic E-state index is 12.3. The number of carboxylic acids is 1. The van der Waals surface area contributed by atoms with Gasteiger partial charge in [-0.1, -0.05) is 41.7 Å². The largest absolute Gasteiger partial charge is 0.542 e. The number of urea groups is 1. The molecular formula is C18H20F3N4O3S-. The molecule has 1 aromatic heterocycles. The fraction of sp³-hybridized carbons (Fsp3) is 0.389. The molecule has 0 saturated carbocycles. The van der Waals surface area contributed by atoms with Crippen molar-refractivity contribution in [3.8, 4) is 10.4 Å². The van der Waals surface area contributed by atoms with E-state index in [9.17, 15) is 18.0 Å². The minimum absolute atomic E-state index is 0.0653. The molecule has 0 atom stereocenters. The second-order valence-electron chi connectivity index (χ2n) is 6.28. The average Bonchev–Trinajstić information content (AvgIpc) is 3.17. The molecule has 3 rings (SSSR count). The first kappa shape index (κ1) is 22.6. The Morgan fingerprint density at radius 1 is 1.24 bits per heavy atom. The average molecular weight is 429 g/mol. The number of hydrogen-bond donors (Lipinski definition) is 2. The van der Waals surface area contributed by atoms with E-state index in [0.29, 0.717) is 17.6 Å². The lowest BCUT2D eigenvalue weighted by Gasteiger charge is -2.31. The molecule has 29 heavy (non-hydrogen) atoms. The van der Waals surface area contributed by atoms with Gasteiger partial charge in [0.1, 0.15) is 5.97 Å². The topological polar surface area (TPSA) is 111 Å². The Morgan fingerprint density at radius 2 is 1.83 bits per heavy atom. The van der Waals surface area contributed by atoms with Crippen LogP contribution in [0.25, 0.3) is 10.4 Å². The van der Waals surface area contributed by atoms with E-state index in [2.05, 4.69) is 10.3 Å². The fourth-order valence-electron chi connectivity index (χ4n) is 2.61. The van der Waals surface area contributed by atoms with Gasteiger partial charge in [0.2, 0.25) is 0 Å². The van der Waals surface area contributed by atoms with Crippen molar-refractivity contribution in [2.75, 3.05) is 25.0 Å². The van der Waals surface area contributed by atoms with Gasteiger partial charge in [0.25, 0.3) is 0 Å². The second-order valence-corrected chi connectivity index (χ2v) is 7.31. The molecule has 2 aromatic rings. The van der Waals surface area contributed by atoms with E-state index >= 15 is 0 Å². The molecule has 1 saturated heterocycles. The van der Waals surface area contributed by atoms with Crippen LogP contribution in [0.2, 0.25) is 0 Å². The number of amides is 2. The first-order chi connectivity index (χ1) is 13.7. The molecule has 7 nitrogen and oxygen atoms in total. The van der Waals surface area contributed by atoms with E-state index in [0.717, 1.165) is 36.4 Å². The summed E-state index contributed by atoms with van der Waals surface area (Å²) in [6.07, 6.45) is -1.43. The predicted molar refractivity (Wildman–Crippen MR) is 101 cm³/mol. The number of anilines is 1. The Kier molecular flexibility index (Phi) is 7.97. The molecule has 1 aliphatic rings. The van der Waals surface area contributed by atoms with Gasteiger partial charge in [-0.15, -0.1) is 0 Å². The van der Waals surface area contributed by atoms with Gasteiger partial charge in [-0.05, 0) is 30.9 Å². The van der Waals surface area contributed by atoms with E-state index in [1.165, 1.54) is 11.3 Å². The number of aromatic nitrogens is 1. The Balaban J connectivity index is 0.000000370. The van der Waals surface area contributed by atoms with Crippen LogP contribution >= 0.6 is 11.3 Å². The van der Waals surface area contributed by atoms with E-state index in [-0.39, 0.29) is 6.03 Å². The first-order valence-electron chi connectivity index (χ1n) is 8.76. The van der Waals surface area contributed by atoms with Crippen molar-refractivity contribution in [2.45, 2.75) is 19.0 Å². The van der Waals surface area contributed by atoms with Crippen molar-refractivity contribution in [2.24, 2.45) is 11.7 Å². The Labute approximate surface area is 169 Å². The zero-order valence-electron chi connectivity index (χ0n) is 15.3. The molecule has 0 spiro atoms. The summed E-state index contributed by atoms with van der Waals surface area (Å²) in [6, 6.07) is 9.99. The molecule has 0 unspecified atom stereocenters. The van der Waals surface area contributed by atoms with Crippen LogP contribution in [0.4, 0.5) is 23.1 Å². The molecule has 11 heteroatoms. The van der Waals surface area contributed by atoms with Crippen molar-refractivity contribution in [3.63, 3.8) is 0 Å².